The molecule has 0 spiro atoms. The van der Waals surface area contributed by atoms with E-state index >= 15 is 0 Å². The number of methoxy groups -OCH3 is 1. The number of carbonyl (C=O) groups excluding carboxylic acids is 1. The highest BCUT2D eigenvalue weighted by molar-refractivity contribution is 7.89. The second-order valence-electron chi connectivity index (χ2n) is 6.07. The van der Waals surface area contributed by atoms with Crippen LogP contribution in [0.5, 0.6) is 5.75 Å². The maximum atomic E-state index is 14.0. The molecular weight excluding hydrogens is 395 g/mol. The van der Waals surface area contributed by atoms with Crippen LogP contribution in [0.1, 0.15) is 12.0 Å². The Bertz CT molecular complexity index is 950. The summed E-state index contributed by atoms with van der Waals surface area (Å²) in [7, 11) is -2.66. The number of nitrogens with one attached hydrogen (secondary N) is 1. The van der Waals surface area contributed by atoms with Crippen LogP contribution in [0.25, 0.3) is 0 Å². The molecule has 1 N–H and O–H groups in total. The van der Waals surface area contributed by atoms with Crippen LogP contribution in [0, 0.1) is 5.82 Å². The Morgan fingerprint density at radius 1 is 1.26 bits per heavy atom. The summed E-state index contributed by atoms with van der Waals surface area (Å²) in [5, 5.41) is 3.04. The molecule has 0 aliphatic carbocycles. The van der Waals surface area contributed by atoms with Crippen LogP contribution >= 0.6 is 11.6 Å². The summed E-state index contributed by atoms with van der Waals surface area (Å²) < 4.78 is 46.4. The third-order valence-corrected chi connectivity index (χ3v) is 6.46. The Kier molecular flexibility index (Phi) is 5.69. The first-order valence-electron chi connectivity index (χ1n) is 8.20. The summed E-state index contributed by atoms with van der Waals surface area (Å²) in [5.74, 6) is -0.916. The van der Waals surface area contributed by atoms with Gasteiger partial charge in [-0.1, -0.05) is 17.7 Å². The standard InChI is InChI=1S/C18H18ClFN2O4S/c1-26-17-7-2-12(10-15(17)20)11-22(16-8-9-21-18(16)23)27(24,25)14-5-3-13(19)4-6-14/h2-7,10,16H,8-9,11H2,1H3,(H,21,23)/t16-/m1/s1. The number of rotatable bonds is 6. The minimum atomic E-state index is -4.00. The number of ether oxygens (including phenoxy) is 1. The van der Waals surface area contributed by atoms with E-state index in [2.05, 4.69) is 5.32 Å². The second-order valence-corrected chi connectivity index (χ2v) is 8.40. The van der Waals surface area contributed by atoms with Crippen molar-refractivity contribution in [2.24, 2.45) is 0 Å². The number of amides is 1. The first-order valence-corrected chi connectivity index (χ1v) is 10.0. The lowest BCUT2D eigenvalue weighted by Crippen LogP contribution is -2.44. The zero-order chi connectivity index (χ0) is 19.6. The summed E-state index contributed by atoms with van der Waals surface area (Å²) in [6.07, 6.45) is 0.338. The Morgan fingerprint density at radius 3 is 2.52 bits per heavy atom. The number of halogens is 2. The highest BCUT2D eigenvalue weighted by Crippen LogP contribution is 2.27. The van der Waals surface area contributed by atoms with E-state index in [1.807, 2.05) is 0 Å². The van der Waals surface area contributed by atoms with Gasteiger partial charge in [0.15, 0.2) is 11.6 Å². The fourth-order valence-corrected chi connectivity index (χ4v) is 4.68. The predicted molar refractivity (Wildman–Crippen MR) is 98.5 cm³/mol. The number of hydrogen-bond acceptors (Lipinski definition) is 4. The fraction of sp³-hybridized carbons (Fsp3) is 0.278. The van der Waals surface area contributed by atoms with Crippen LogP contribution in [0.3, 0.4) is 0 Å². The maximum Gasteiger partial charge on any atom is 0.244 e. The number of carbonyl (C=O) groups is 1. The van der Waals surface area contributed by atoms with Crippen LogP contribution in [0.15, 0.2) is 47.4 Å². The van der Waals surface area contributed by atoms with Gasteiger partial charge >= 0.3 is 0 Å². The van der Waals surface area contributed by atoms with E-state index < -0.39 is 21.9 Å². The zero-order valence-electron chi connectivity index (χ0n) is 14.5. The fourth-order valence-electron chi connectivity index (χ4n) is 2.95. The van der Waals surface area contributed by atoms with Crippen molar-refractivity contribution in [2.45, 2.75) is 23.9 Å². The Labute approximate surface area is 161 Å². The first-order chi connectivity index (χ1) is 12.8. The molecule has 3 rings (SSSR count). The van der Waals surface area contributed by atoms with Crippen molar-refractivity contribution in [3.05, 3.63) is 58.9 Å². The molecule has 1 heterocycles. The number of nitrogens with zero attached hydrogens (tertiary/aromatic N) is 1. The smallest absolute Gasteiger partial charge is 0.244 e. The topological polar surface area (TPSA) is 75.7 Å². The first kappa shape index (κ1) is 19.6. The van der Waals surface area contributed by atoms with Crippen LogP contribution in [0.4, 0.5) is 4.39 Å². The predicted octanol–water partition coefficient (Wildman–Crippen LogP) is 2.57. The van der Waals surface area contributed by atoms with Gasteiger partial charge in [-0.2, -0.15) is 4.31 Å². The van der Waals surface area contributed by atoms with E-state index in [9.17, 15) is 17.6 Å². The van der Waals surface area contributed by atoms with Crippen molar-refractivity contribution in [1.29, 1.82) is 0 Å². The summed E-state index contributed by atoms with van der Waals surface area (Å²) >= 11 is 5.84. The lowest BCUT2D eigenvalue weighted by Gasteiger charge is -2.26. The summed E-state index contributed by atoms with van der Waals surface area (Å²) in [5.41, 5.74) is 0.408. The van der Waals surface area contributed by atoms with Gasteiger partial charge in [-0.3, -0.25) is 4.79 Å². The number of benzene rings is 2. The third kappa shape index (κ3) is 4.07. The summed E-state index contributed by atoms with van der Waals surface area (Å²) in [6.45, 7) is 0.233. The molecule has 144 valence electrons. The van der Waals surface area contributed by atoms with Gasteiger partial charge in [0.2, 0.25) is 15.9 Å². The van der Waals surface area contributed by atoms with E-state index in [-0.39, 0.29) is 23.1 Å². The van der Waals surface area contributed by atoms with Gasteiger partial charge in [0.05, 0.1) is 12.0 Å². The molecule has 1 saturated heterocycles. The van der Waals surface area contributed by atoms with Crippen LogP contribution < -0.4 is 10.1 Å². The highest BCUT2D eigenvalue weighted by Gasteiger charge is 2.38. The molecule has 0 unspecified atom stereocenters. The molecule has 2 aromatic rings. The molecule has 0 radical (unpaired) electrons. The van der Waals surface area contributed by atoms with Crippen LogP contribution in [0.2, 0.25) is 5.02 Å². The van der Waals surface area contributed by atoms with Crippen LogP contribution in [-0.2, 0) is 21.4 Å². The van der Waals surface area contributed by atoms with Crippen molar-refractivity contribution in [1.82, 2.24) is 9.62 Å². The number of sulfonamides is 1. The van der Waals surface area contributed by atoms with Gasteiger partial charge in [0.25, 0.3) is 0 Å². The molecular formula is C18H18ClFN2O4S. The maximum absolute atomic E-state index is 14.0. The lowest BCUT2D eigenvalue weighted by atomic mass is 10.2. The Morgan fingerprint density at radius 2 is 1.96 bits per heavy atom. The number of hydrogen-bond donors (Lipinski definition) is 1. The van der Waals surface area contributed by atoms with E-state index in [1.165, 1.54) is 43.5 Å². The molecule has 1 fully saturated rings. The molecule has 2 aromatic carbocycles. The average molecular weight is 413 g/mol. The van der Waals surface area contributed by atoms with Gasteiger partial charge in [0, 0.05) is 18.1 Å². The van der Waals surface area contributed by atoms with Crippen molar-refractivity contribution in [2.75, 3.05) is 13.7 Å². The normalized spacial score (nSPS) is 17.2. The third-order valence-electron chi connectivity index (χ3n) is 4.34. The van der Waals surface area contributed by atoms with Gasteiger partial charge in [0.1, 0.15) is 6.04 Å². The quantitative estimate of drug-likeness (QED) is 0.791. The Hall–Kier alpha value is -2.16. The molecule has 1 amide bonds. The van der Waals surface area contributed by atoms with Gasteiger partial charge < -0.3 is 10.1 Å². The minimum Gasteiger partial charge on any atom is -0.494 e. The molecule has 0 aromatic heterocycles. The highest BCUT2D eigenvalue weighted by atomic mass is 35.5. The van der Waals surface area contributed by atoms with Gasteiger partial charge in [-0.15, -0.1) is 0 Å². The molecule has 9 heteroatoms. The SMILES string of the molecule is COc1ccc(CN([C@@H]2CCNC2=O)S(=O)(=O)c2ccc(Cl)cc2)cc1F. The van der Waals surface area contributed by atoms with E-state index in [0.29, 0.717) is 23.6 Å². The summed E-state index contributed by atoms with van der Waals surface area (Å²) in [6, 6.07) is 9.03. The monoisotopic (exact) mass is 412 g/mol. The van der Waals surface area contributed by atoms with E-state index in [0.717, 1.165) is 4.31 Å². The van der Waals surface area contributed by atoms with Crippen molar-refractivity contribution >= 4 is 27.5 Å². The molecule has 27 heavy (non-hydrogen) atoms. The molecule has 1 aliphatic rings. The van der Waals surface area contributed by atoms with Gasteiger partial charge in [-0.05, 0) is 48.4 Å². The molecule has 1 atom stereocenters. The molecule has 1 aliphatic heterocycles. The molecule has 6 nitrogen and oxygen atoms in total. The van der Waals surface area contributed by atoms with Crippen molar-refractivity contribution in [3.63, 3.8) is 0 Å². The van der Waals surface area contributed by atoms with E-state index in [1.54, 1.807) is 6.07 Å². The molecule has 0 bridgehead atoms. The zero-order valence-corrected chi connectivity index (χ0v) is 16.1. The summed E-state index contributed by atoms with van der Waals surface area (Å²) in [4.78, 5) is 12.2. The minimum absolute atomic E-state index is 0.0144. The van der Waals surface area contributed by atoms with Crippen LogP contribution in [-0.4, -0.2) is 38.3 Å². The molecule has 0 saturated carbocycles. The largest absolute Gasteiger partial charge is 0.494 e. The van der Waals surface area contributed by atoms with Gasteiger partial charge in [-0.25, -0.2) is 12.8 Å². The van der Waals surface area contributed by atoms with Crippen molar-refractivity contribution in [3.8, 4) is 5.75 Å². The Balaban J connectivity index is 1.99. The second kappa shape index (κ2) is 7.84. The van der Waals surface area contributed by atoms with Crippen molar-refractivity contribution < 1.29 is 22.3 Å². The lowest BCUT2D eigenvalue weighted by molar-refractivity contribution is -0.122. The average Bonchev–Trinajstić information content (AvgIpc) is 3.05. The van der Waals surface area contributed by atoms with E-state index in [4.69, 9.17) is 16.3 Å².